The predicted octanol–water partition coefficient (Wildman–Crippen LogP) is 2.43. The van der Waals surface area contributed by atoms with E-state index < -0.39 is 15.8 Å². The van der Waals surface area contributed by atoms with Gasteiger partial charge in [0.1, 0.15) is 5.70 Å². The van der Waals surface area contributed by atoms with E-state index in [1.165, 1.54) is 17.4 Å². The highest BCUT2D eigenvalue weighted by Gasteiger charge is 2.43. The minimum atomic E-state index is -4.04. The first kappa shape index (κ1) is 18.8. The minimum Gasteiger partial charge on any atom is -0.367 e. The molecule has 1 aliphatic heterocycles. The largest absolute Gasteiger partial charge is 0.367 e. The zero-order chi connectivity index (χ0) is 18.9. The normalized spacial score (nSPS) is 18.0. The van der Waals surface area contributed by atoms with Crippen LogP contribution >= 0.6 is 0 Å². The SMILES string of the molecule is CCCCN(C)S(=O)(=O)C1=C(N2CCCC2)C(=O)c2ccccc2C1=O. The van der Waals surface area contributed by atoms with Crippen molar-refractivity contribution in [2.45, 2.75) is 32.6 Å². The van der Waals surface area contributed by atoms with Gasteiger partial charge in [-0.3, -0.25) is 9.59 Å². The van der Waals surface area contributed by atoms with Gasteiger partial charge in [-0.2, -0.15) is 0 Å². The fourth-order valence-electron chi connectivity index (χ4n) is 3.46. The quantitative estimate of drug-likeness (QED) is 0.762. The van der Waals surface area contributed by atoms with Crippen LogP contribution in [0.4, 0.5) is 0 Å². The second kappa shape index (κ2) is 7.32. The van der Waals surface area contributed by atoms with Gasteiger partial charge in [-0.25, -0.2) is 12.7 Å². The molecular formula is C19H24N2O4S. The molecule has 1 aliphatic carbocycles. The summed E-state index contributed by atoms with van der Waals surface area (Å²) in [5, 5.41) is 0. The second-order valence-corrected chi connectivity index (χ2v) is 8.74. The first-order chi connectivity index (χ1) is 12.4. The predicted molar refractivity (Wildman–Crippen MR) is 99.4 cm³/mol. The molecule has 0 saturated carbocycles. The summed E-state index contributed by atoms with van der Waals surface area (Å²) in [4.78, 5) is 27.6. The van der Waals surface area contributed by atoms with Crippen molar-refractivity contribution in [1.29, 1.82) is 0 Å². The maximum atomic E-state index is 13.2. The Balaban J connectivity index is 2.17. The van der Waals surface area contributed by atoms with Crippen LogP contribution in [0.15, 0.2) is 34.9 Å². The number of rotatable bonds is 6. The van der Waals surface area contributed by atoms with Crippen molar-refractivity contribution in [3.05, 3.63) is 46.0 Å². The Kier molecular flexibility index (Phi) is 5.29. The van der Waals surface area contributed by atoms with Crippen LogP contribution in [0.1, 0.15) is 53.3 Å². The number of benzene rings is 1. The van der Waals surface area contributed by atoms with Crippen molar-refractivity contribution in [3.8, 4) is 0 Å². The average molecular weight is 376 g/mol. The third-order valence-electron chi connectivity index (χ3n) is 4.97. The van der Waals surface area contributed by atoms with E-state index in [1.807, 2.05) is 6.92 Å². The van der Waals surface area contributed by atoms with Gasteiger partial charge in [0, 0.05) is 37.8 Å². The zero-order valence-electron chi connectivity index (χ0n) is 15.2. The molecule has 1 heterocycles. The molecule has 0 spiro atoms. The fourth-order valence-corrected chi connectivity index (χ4v) is 4.96. The van der Waals surface area contributed by atoms with Gasteiger partial charge < -0.3 is 4.90 Å². The lowest BCUT2D eigenvalue weighted by molar-refractivity contribution is 0.0952. The Morgan fingerprint density at radius 1 is 1.04 bits per heavy atom. The Labute approximate surface area is 154 Å². The summed E-state index contributed by atoms with van der Waals surface area (Å²) < 4.78 is 27.6. The third kappa shape index (κ3) is 3.10. The van der Waals surface area contributed by atoms with Crippen LogP contribution in [0.25, 0.3) is 0 Å². The molecule has 0 atom stereocenters. The van der Waals surface area contributed by atoms with Crippen molar-refractivity contribution in [1.82, 2.24) is 9.21 Å². The van der Waals surface area contributed by atoms with Gasteiger partial charge in [-0.05, 0) is 19.3 Å². The lowest BCUT2D eigenvalue weighted by Crippen LogP contribution is -2.39. The van der Waals surface area contributed by atoms with Gasteiger partial charge in [0.15, 0.2) is 4.91 Å². The number of likely N-dealkylation sites (tertiary alicyclic amines) is 1. The highest BCUT2D eigenvalue weighted by molar-refractivity contribution is 7.94. The number of unbranched alkanes of at least 4 members (excludes halogenated alkanes) is 1. The van der Waals surface area contributed by atoms with Crippen LogP contribution in [0.3, 0.4) is 0 Å². The lowest BCUT2D eigenvalue weighted by Gasteiger charge is -2.29. The number of Topliss-reactive ketones (excluding diaryl/α,β-unsaturated/α-hetero) is 2. The summed E-state index contributed by atoms with van der Waals surface area (Å²) in [5.41, 5.74) is 0.507. The van der Waals surface area contributed by atoms with Crippen LogP contribution in [0, 0.1) is 0 Å². The summed E-state index contributed by atoms with van der Waals surface area (Å²) in [5.74, 6) is -0.949. The van der Waals surface area contributed by atoms with E-state index in [-0.39, 0.29) is 27.5 Å². The Hall–Kier alpha value is -1.99. The van der Waals surface area contributed by atoms with E-state index >= 15 is 0 Å². The fraction of sp³-hybridized carbons (Fsp3) is 0.474. The van der Waals surface area contributed by atoms with E-state index in [2.05, 4.69) is 0 Å². The van der Waals surface area contributed by atoms with Crippen molar-refractivity contribution in [2.75, 3.05) is 26.7 Å². The molecule has 26 heavy (non-hydrogen) atoms. The Bertz CT molecular complexity index is 867. The van der Waals surface area contributed by atoms with Crippen molar-refractivity contribution < 1.29 is 18.0 Å². The van der Waals surface area contributed by atoms with Crippen LogP contribution in [0.2, 0.25) is 0 Å². The highest BCUT2D eigenvalue weighted by atomic mass is 32.2. The molecule has 1 aromatic carbocycles. The Morgan fingerprint density at radius 3 is 2.19 bits per heavy atom. The van der Waals surface area contributed by atoms with Gasteiger partial charge in [0.2, 0.25) is 21.6 Å². The molecule has 1 aromatic rings. The first-order valence-electron chi connectivity index (χ1n) is 9.03. The highest BCUT2D eigenvalue weighted by Crippen LogP contribution is 2.34. The summed E-state index contributed by atoms with van der Waals surface area (Å²) in [7, 11) is -2.57. The molecule has 7 heteroatoms. The molecule has 0 amide bonds. The number of ketones is 2. The average Bonchev–Trinajstić information content (AvgIpc) is 3.16. The lowest BCUT2D eigenvalue weighted by atomic mass is 9.92. The summed E-state index contributed by atoms with van der Waals surface area (Å²) in [6.07, 6.45) is 3.30. The maximum absolute atomic E-state index is 13.2. The molecule has 1 fully saturated rings. The number of nitrogens with zero attached hydrogens (tertiary/aromatic N) is 2. The summed E-state index contributed by atoms with van der Waals surface area (Å²) >= 11 is 0. The van der Waals surface area contributed by atoms with Crippen LogP contribution < -0.4 is 0 Å². The monoisotopic (exact) mass is 376 g/mol. The van der Waals surface area contributed by atoms with Crippen LogP contribution in [0.5, 0.6) is 0 Å². The zero-order valence-corrected chi connectivity index (χ0v) is 16.0. The van der Waals surface area contributed by atoms with Gasteiger partial charge in [0.25, 0.3) is 0 Å². The maximum Gasteiger partial charge on any atom is 0.248 e. The molecule has 6 nitrogen and oxygen atoms in total. The molecule has 3 rings (SSSR count). The molecule has 2 aliphatic rings. The van der Waals surface area contributed by atoms with E-state index in [4.69, 9.17) is 0 Å². The van der Waals surface area contributed by atoms with Gasteiger partial charge in [-0.1, -0.05) is 37.6 Å². The first-order valence-corrected chi connectivity index (χ1v) is 10.5. The number of allylic oxidation sites excluding steroid dienone is 2. The van der Waals surface area contributed by atoms with Gasteiger partial charge in [-0.15, -0.1) is 0 Å². The molecular weight excluding hydrogens is 352 g/mol. The van der Waals surface area contributed by atoms with Crippen molar-refractivity contribution in [3.63, 3.8) is 0 Å². The number of sulfonamides is 1. The van der Waals surface area contributed by atoms with E-state index in [1.54, 1.807) is 23.1 Å². The van der Waals surface area contributed by atoms with Crippen molar-refractivity contribution >= 4 is 21.6 Å². The standard InChI is InChI=1S/C19H24N2O4S/c1-3-4-11-20(2)26(24,25)19-16(21-12-7-8-13-21)17(22)14-9-5-6-10-15(14)18(19)23/h5-6,9-10H,3-4,7-8,11-13H2,1-2H3. The van der Waals surface area contributed by atoms with Gasteiger partial charge in [0.05, 0.1) is 0 Å². The number of hydrogen-bond donors (Lipinski definition) is 0. The summed E-state index contributed by atoms with van der Waals surface area (Å²) in [6.45, 7) is 3.47. The van der Waals surface area contributed by atoms with Gasteiger partial charge >= 0.3 is 0 Å². The van der Waals surface area contributed by atoms with Crippen molar-refractivity contribution in [2.24, 2.45) is 0 Å². The van der Waals surface area contributed by atoms with Crippen LogP contribution in [-0.2, 0) is 10.0 Å². The van der Waals surface area contributed by atoms with E-state index in [0.29, 0.717) is 26.1 Å². The molecule has 0 bridgehead atoms. The second-order valence-electron chi connectivity index (χ2n) is 6.76. The number of hydrogen-bond acceptors (Lipinski definition) is 5. The number of carbonyl (C=O) groups is 2. The topological polar surface area (TPSA) is 74.8 Å². The molecule has 0 radical (unpaired) electrons. The smallest absolute Gasteiger partial charge is 0.248 e. The van der Waals surface area contributed by atoms with E-state index in [0.717, 1.165) is 19.3 Å². The molecule has 1 saturated heterocycles. The Morgan fingerprint density at radius 2 is 1.62 bits per heavy atom. The minimum absolute atomic E-state index is 0.0505. The third-order valence-corrected chi connectivity index (χ3v) is 6.87. The number of carbonyl (C=O) groups excluding carboxylic acids is 2. The number of fused-ring (bicyclic) bond motifs is 1. The summed E-state index contributed by atoms with van der Waals surface area (Å²) in [6, 6.07) is 6.46. The molecule has 140 valence electrons. The molecule has 0 N–H and O–H groups in total. The molecule has 0 unspecified atom stereocenters. The molecule has 0 aromatic heterocycles. The van der Waals surface area contributed by atoms with E-state index in [9.17, 15) is 18.0 Å². The van der Waals surface area contributed by atoms with Crippen LogP contribution in [-0.4, -0.2) is 55.9 Å².